The van der Waals surface area contributed by atoms with Gasteiger partial charge in [0.15, 0.2) is 0 Å². The molecule has 1 heterocycles. The second kappa shape index (κ2) is 6.99. The first-order chi connectivity index (χ1) is 7.24. The second-order valence-corrected chi connectivity index (χ2v) is 4.87. The van der Waals surface area contributed by atoms with Gasteiger partial charge in [-0.3, -0.25) is 0 Å². The normalized spacial score (nSPS) is 15.1. The fraction of sp³-hybridized carbons (Fsp3) is 0.667. The minimum absolute atomic E-state index is 0.121. The van der Waals surface area contributed by atoms with Crippen LogP contribution in [-0.2, 0) is 0 Å². The summed E-state index contributed by atoms with van der Waals surface area (Å²) in [5.74, 6) is 0. The summed E-state index contributed by atoms with van der Waals surface area (Å²) < 4.78 is 0. The molecule has 0 amide bonds. The van der Waals surface area contributed by atoms with Crippen molar-refractivity contribution >= 4 is 11.3 Å². The fourth-order valence-electron chi connectivity index (χ4n) is 1.50. The van der Waals surface area contributed by atoms with Crippen molar-refractivity contribution in [2.45, 2.75) is 45.3 Å². The third-order valence-electron chi connectivity index (χ3n) is 2.61. The van der Waals surface area contributed by atoms with Crippen molar-refractivity contribution in [3.63, 3.8) is 0 Å². The third kappa shape index (κ3) is 4.78. The molecule has 2 N–H and O–H groups in total. The zero-order valence-electron chi connectivity index (χ0n) is 9.57. The van der Waals surface area contributed by atoms with Crippen LogP contribution in [0.4, 0.5) is 0 Å². The summed E-state index contributed by atoms with van der Waals surface area (Å²) >= 11 is 1.79. The zero-order valence-corrected chi connectivity index (χ0v) is 10.4. The van der Waals surface area contributed by atoms with Crippen LogP contribution in [-0.4, -0.2) is 17.8 Å². The Kier molecular flexibility index (Phi) is 5.91. The van der Waals surface area contributed by atoms with Gasteiger partial charge in [-0.2, -0.15) is 0 Å². The lowest BCUT2D eigenvalue weighted by atomic mass is 10.1. The lowest BCUT2D eigenvalue weighted by Crippen LogP contribution is -2.20. The first kappa shape index (κ1) is 12.7. The van der Waals surface area contributed by atoms with Crippen LogP contribution in [0.2, 0.25) is 0 Å². The highest BCUT2D eigenvalue weighted by atomic mass is 32.1. The van der Waals surface area contributed by atoms with E-state index in [-0.39, 0.29) is 6.10 Å². The molecular weight excluding hydrogens is 206 g/mol. The molecule has 1 rings (SSSR count). The van der Waals surface area contributed by atoms with Gasteiger partial charge < -0.3 is 10.4 Å². The summed E-state index contributed by atoms with van der Waals surface area (Å²) in [6.45, 7) is 5.19. The summed E-state index contributed by atoms with van der Waals surface area (Å²) in [6.07, 6.45) is 2.69. The molecule has 2 atom stereocenters. The third-order valence-corrected chi connectivity index (χ3v) is 3.66. The molecule has 0 saturated heterocycles. The standard InChI is InChI=1S/C12H21NOS/c1-3-11(14)6-4-8-13-10(2)12-7-5-9-15-12/h5,7,9-11,13-14H,3-4,6,8H2,1-2H3. The van der Waals surface area contributed by atoms with Crippen LogP contribution in [0.1, 0.15) is 44.0 Å². The van der Waals surface area contributed by atoms with E-state index in [4.69, 9.17) is 0 Å². The molecule has 2 unspecified atom stereocenters. The Morgan fingerprint density at radius 3 is 2.93 bits per heavy atom. The van der Waals surface area contributed by atoms with E-state index in [1.54, 1.807) is 11.3 Å². The van der Waals surface area contributed by atoms with Gasteiger partial charge >= 0.3 is 0 Å². The fourth-order valence-corrected chi connectivity index (χ4v) is 2.26. The van der Waals surface area contributed by atoms with Crippen molar-refractivity contribution in [2.75, 3.05) is 6.54 Å². The molecule has 0 bridgehead atoms. The molecule has 0 spiro atoms. The number of aliphatic hydroxyl groups is 1. The van der Waals surface area contributed by atoms with E-state index in [1.807, 2.05) is 6.92 Å². The smallest absolute Gasteiger partial charge is 0.0538 e. The van der Waals surface area contributed by atoms with E-state index >= 15 is 0 Å². The van der Waals surface area contributed by atoms with Crippen molar-refractivity contribution in [1.82, 2.24) is 5.32 Å². The molecular formula is C12H21NOS. The van der Waals surface area contributed by atoms with E-state index in [2.05, 4.69) is 29.8 Å². The predicted molar refractivity (Wildman–Crippen MR) is 66.3 cm³/mol. The first-order valence-electron chi connectivity index (χ1n) is 5.69. The number of thiophene rings is 1. The molecule has 0 fully saturated rings. The molecule has 3 heteroatoms. The van der Waals surface area contributed by atoms with E-state index < -0.39 is 0 Å². The van der Waals surface area contributed by atoms with Gasteiger partial charge in [0.2, 0.25) is 0 Å². The molecule has 0 aliphatic heterocycles. The number of aliphatic hydroxyl groups excluding tert-OH is 1. The molecule has 0 radical (unpaired) electrons. The second-order valence-electron chi connectivity index (χ2n) is 3.90. The lowest BCUT2D eigenvalue weighted by Gasteiger charge is -2.13. The van der Waals surface area contributed by atoms with Gasteiger partial charge in [-0.25, -0.2) is 0 Å². The first-order valence-corrected chi connectivity index (χ1v) is 6.56. The Bertz CT molecular complexity index is 248. The number of rotatable bonds is 7. The van der Waals surface area contributed by atoms with Crippen LogP contribution in [0.25, 0.3) is 0 Å². The number of hydrogen-bond donors (Lipinski definition) is 2. The summed E-state index contributed by atoms with van der Waals surface area (Å²) in [6, 6.07) is 4.67. The summed E-state index contributed by atoms with van der Waals surface area (Å²) in [5.41, 5.74) is 0. The van der Waals surface area contributed by atoms with Crippen LogP contribution in [0.15, 0.2) is 17.5 Å². The highest BCUT2D eigenvalue weighted by Gasteiger charge is 2.05. The lowest BCUT2D eigenvalue weighted by molar-refractivity contribution is 0.157. The van der Waals surface area contributed by atoms with Crippen LogP contribution in [0, 0.1) is 0 Å². The molecule has 1 aromatic rings. The molecule has 0 saturated carbocycles. The molecule has 86 valence electrons. The Labute approximate surface area is 96.3 Å². The van der Waals surface area contributed by atoms with Crippen molar-refractivity contribution < 1.29 is 5.11 Å². The van der Waals surface area contributed by atoms with E-state index in [9.17, 15) is 5.11 Å². The van der Waals surface area contributed by atoms with Gasteiger partial charge in [0.05, 0.1) is 6.10 Å². The van der Waals surface area contributed by atoms with Crippen LogP contribution < -0.4 is 5.32 Å². The maximum atomic E-state index is 9.38. The van der Waals surface area contributed by atoms with Crippen LogP contribution in [0.5, 0.6) is 0 Å². The van der Waals surface area contributed by atoms with Gasteiger partial charge in [-0.15, -0.1) is 11.3 Å². The Morgan fingerprint density at radius 1 is 1.53 bits per heavy atom. The van der Waals surface area contributed by atoms with Crippen LogP contribution in [0.3, 0.4) is 0 Å². The van der Waals surface area contributed by atoms with Gasteiger partial charge in [-0.1, -0.05) is 13.0 Å². The van der Waals surface area contributed by atoms with E-state index in [0.717, 1.165) is 25.8 Å². The molecule has 0 aliphatic rings. The van der Waals surface area contributed by atoms with Gasteiger partial charge in [0, 0.05) is 10.9 Å². The van der Waals surface area contributed by atoms with E-state index in [1.165, 1.54) is 4.88 Å². The topological polar surface area (TPSA) is 32.3 Å². The monoisotopic (exact) mass is 227 g/mol. The Hall–Kier alpha value is -0.380. The Balaban J connectivity index is 2.10. The molecule has 15 heavy (non-hydrogen) atoms. The van der Waals surface area contributed by atoms with Gasteiger partial charge in [0.1, 0.15) is 0 Å². The highest BCUT2D eigenvalue weighted by molar-refractivity contribution is 7.10. The summed E-state index contributed by atoms with van der Waals surface area (Å²) in [7, 11) is 0. The minimum atomic E-state index is -0.121. The van der Waals surface area contributed by atoms with Gasteiger partial charge in [-0.05, 0) is 44.2 Å². The van der Waals surface area contributed by atoms with Crippen molar-refractivity contribution in [2.24, 2.45) is 0 Å². The predicted octanol–water partition coefficient (Wildman–Crippen LogP) is 2.95. The largest absolute Gasteiger partial charge is 0.393 e. The average Bonchev–Trinajstić information content (AvgIpc) is 2.77. The van der Waals surface area contributed by atoms with E-state index in [0.29, 0.717) is 6.04 Å². The van der Waals surface area contributed by atoms with Gasteiger partial charge in [0.25, 0.3) is 0 Å². The number of nitrogens with one attached hydrogen (secondary N) is 1. The van der Waals surface area contributed by atoms with Crippen molar-refractivity contribution in [3.05, 3.63) is 22.4 Å². The quantitative estimate of drug-likeness (QED) is 0.702. The average molecular weight is 227 g/mol. The highest BCUT2D eigenvalue weighted by Crippen LogP contribution is 2.17. The number of hydrogen-bond acceptors (Lipinski definition) is 3. The Morgan fingerprint density at radius 2 is 2.33 bits per heavy atom. The molecule has 2 nitrogen and oxygen atoms in total. The molecule has 1 aromatic heterocycles. The summed E-state index contributed by atoms with van der Waals surface area (Å²) in [5, 5.41) is 15.0. The minimum Gasteiger partial charge on any atom is -0.393 e. The molecule has 0 aliphatic carbocycles. The van der Waals surface area contributed by atoms with Crippen molar-refractivity contribution in [1.29, 1.82) is 0 Å². The van der Waals surface area contributed by atoms with Crippen LogP contribution >= 0.6 is 11.3 Å². The summed E-state index contributed by atoms with van der Waals surface area (Å²) in [4.78, 5) is 1.38. The zero-order chi connectivity index (χ0) is 11.1. The SMILES string of the molecule is CCC(O)CCCNC(C)c1cccs1. The maximum absolute atomic E-state index is 9.38. The maximum Gasteiger partial charge on any atom is 0.0538 e. The van der Waals surface area contributed by atoms with Crippen molar-refractivity contribution in [3.8, 4) is 0 Å². The molecule has 0 aromatic carbocycles.